The van der Waals surface area contributed by atoms with E-state index in [1.807, 2.05) is 0 Å². The van der Waals surface area contributed by atoms with Crippen LogP contribution in [0.1, 0.15) is 30.1 Å². The number of esters is 1. The van der Waals surface area contributed by atoms with E-state index in [0.717, 1.165) is 12.1 Å². The molecule has 2 N–H and O–H groups in total. The number of rotatable bonds is 10. The van der Waals surface area contributed by atoms with Crippen LogP contribution in [0.4, 0.5) is 33.7 Å². The Hall–Kier alpha value is -3.00. The van der Waals surface area contributed by atoms with Crippen molar-refractivity contribution in [3.8, 4) is 0 Å². The largest absolute Gasteiger partial charge is 0.465 e. The number of aromatic nitrogens is 1. The van der Waals surface area contributed by atoms with Gasteiger partial charge in [-0.25, -0.2) is 9.18 Å². The van der Waals surface area contributed by atoms with E-state index in [9.17, 15) is 31.9 Å². The van der Waals surface area contributed by atoms with Crippen LogP contribution in [-0.2, 0) is 15.3 Å². The van der Waals surface area contributed by atoms with Crippen LogP contribution in [-0.4, -0.2) is 59.6 Å². The van der Waals surface area contributed by atoms with E-state index in [1.165, 1.54) is 16.8 Å². The number of likely N-dealkylation sites (N-methyl/N-ethyl adjacent to an activating group) is 1. The molecule has 41 heavy (non-hydrogen) atoms. The van der Waals surface area contributed by atoms with E-state index in [1.54, 1.807) is 44.1 Å². The highest BCUT2D eigenvalue weighted by Crippen LogP contribution is 2.34. The number of fused-ring (bicyclic) bond motifs is 1. The highest BCUT2D eigenvalue weighted by molar-refractivity contribution is 7.99. The summed E-state index contributed by atoms with van der Waals surface area (Å²) in [5.41, 5.74) is -4.01. The van der Waals surface area contributed by atoms with Gasteiger partial charge in [-0.15, -0.1) is 12.4 Å². The Balaban J connectivity index is 0.00000588. The Morgan fingerprint density at radius 2 is 1.83 bits per heavy atom. The minimum atomic E-state index is -4.54. The lowest BCUT2D eigenvalue weighted by Gasteiger charge is -2.22. The Bertz CT molecular complexity index is 1400. The number of nitrogens with zero attached hydrogens (tertiary/aromatic N) is 2. The fraction of sp³-hybridized carbons (Fsp3) is 0.346. The van der Waals surface area contributed by atoms with Gasteiger partial charge < -0.3 is 15.4 Å². The van der Waals surface area contributed by atoms with E-state index >= 15 is 0 Å². The molecule has 8 nitrogen and oxygen atoms in total. The fourth-order valence-electron chi connectivity index (χ4n) is 3.92. The predicted molar refractivity (Wildman–Crippen MR) is 155 cm³/mol. The third-order valence-electron chi connectivity index (χ3n) is 5.79. The number of hydrogen-bond acceptors (Lipinski definition) is 6. The molecule has 0 radical (unpaired) electrons. The van der Waals surface area contributed by atoms with Crippen molar-refractivity contribution in [3.63, 3.8) is 0 Å². The van der Waals surface area contributed by atoms with Crippen molar-refractivity contribution in [1.82, 2.24) is 9.47 Å². The van der Waals surface area contributed by atoms with Crippen LogP contribution in [0.2, 0.25) is 5.02 Å². The molecular formula is C26H28Cl2F4N4O4S. The lowest BCUT2D eigenvalue weighted by Crippen LogP contribution is -2.37. The van der Waals surface area contributed by atoms with Crippen LogP contribution in [0, 0.1) is 5.82 Å². The number of thioether (sulfide) groups is 1. The lowest BCUT2D eigenvalue weighted by atomic mass is 10.1. The molecule has 2 aromatic carbocycles. The van der Waals surface area contributed by atoms with E-state index < -0.39 is 46.9 Å². The number of carbonyl (C=O) groups excluding carboxylic acids is 3. The van der Waals surface area contributed by atoms with E-state index in [0.29, 0.717) is 15.9 Å². The van der Waals surface area contributed by atoms with Gasteiger partial charge >= 0.3 is 17.5 Å². The summed E-state index contributed by atoms with van der Waals surface area (Å²) in [7, 11) is 3.41. The first-order chi connectivity index (χ1) is 18.8. The summed E-state index contributed by atoms with van der Waals surface area (Å²) in [6.07, 6.45) is 1.60. The fourth-order valence-corrected chi connectivity index (χ4v) is 4.63. The minimum absolute atomic E-state index is 0. The summed E-state index contributed by atoms with van der Waals surface area (Å²) in [6.45, 7) is 1.91. The van der Waals surface area contributed by atoms with Gasteiger partial charge in [-0.05, 0) is 75.6 Å². The van der Waals surface area contributed by atoms with Crippen LogP contribution < -0.4 is 10.6 Å². The number of carbonyl (C=O) groups is 3. The molecule has 2 amide bonds. The van der Waals surface area contributed by atoms with Crippen LogP contribution in [0.5, 0.6) is 0 Å². The topological polar surface area (TPSA) is 92.7 Å². The average molecular weight is 639 g/mol. The maximum Gasteiger partial charge on any atom is 0.442 e. The summed E-state index contributed by atoms with van der Waals surface area (Å²) in [5.74, 6) is -2.28. The molecular weight excluding hydrogens is 611 g/mol. The Morgan fingerprint density at radius 3 is 2.46 bits per heavy atom. The maximum atomic E-state index is 14.0. The van der Waals surface area contributed by atoms with Crippen LogP contribution in [0.15, 0.2) is 42.6 Å². The third-order valence-corrected chi connectivity index (χ3v) is 6.81. The zero-order valence-corrected chi connectivity index (χ0v) is 24.6. The van der Waals surface area contributed by atoms with Crippen molar-refractivity contribution in [2.24, 2.45) is 0 Å². The van der Waals surface area contributed by atoms with Gasteiger partial charge in [0.05, 0.1) is 17.8 Å². The van der Waals surface area contributed by atoms with Gasteiger partial charge in [0.15, 0.2) is 0 Å². The maximum absolute atomic E-state index is 14.0. The minimum Gasteiger partial charge on any atom is -0.465 e. The van der Waals surface area contributed by atoms with Crippen LogP contribution in [0.25, 0.3) is 10.9 Å². The SMILES string of the molecule is CCOC(=O)C(CCC(=O)n1cc(NC(=O)Nc2ccc(F)c(CSC(F)(F)F)c2)c2cc(Cl)ccc21)N(C)C.Cl. The summed E-state index contributed by atoms with van der Waals surface area (Å²) in [5, 5.41) is 5.86. The second-order valence-corrected chi connectivity index (χ2v) is 10.3. The number of benzene rings is 2. The first kappa shape index (κ1) is 34.2. The molecule has 3 aromatic rings. The molecule has 0 saturated carbocycles. The highest BCUT2D eigenvalue weighted by atomic mass is 35.5. The normalized spacial score (nSPS) is 12.1. The number of urea groups is 1. The zero-order valence-electron chi connectivity index (χ0n) is 22.2. The van der Waals surface area contributed by atoms with Gasteiger partial charge in [0.1, 0.15) is 11.9 Å². The van der Waals surface area contributed by atoms with Crippen molar-refractivity contribution < 1.29 is 36.7 Å². The summed E-state index contributed by atoms with van der Waals surface area (Å²) in [6, 6.07) is 6.63. The second kappa shape index (κ2) is 14.8. The molecule has 1 heterocycles. The molecule has 3 rings (SSSR count). The molecule has 15 heteroatoms. The number of hydrogen-bond donors (Lipinski definition) is 2. The highest BCUT2D eigenvalue weighted by Gasteiger charge is 2.28. The molecule has 0 aliphatic heterocycles. The Morgan fingerprint density at radius 1 is 1.12 bits per heavy atom. The Kier molecular flexibility index (Phi) is 12.3. The van der Waals surface area contributed by atoms with Gasteiger partial charge in [0, 0.05) is 40.0 Å². The van der Waals surface area contributed by atoms with E-state index in [-0.39, 0.29) is 54.7 Å². The van der Waals surface area contributed by atoms with Crippen LogP contribution in [0.3, 0.4) is 0 Å². The molecule has 224 valence electrons. The van der Waals surface area contributed by atoms with Gasteiger partial charge in [-0.2, -0.15) is 13.2 Å². The Labute approximate surface area is 249 Å². The van der Waals surface area contributed by atoms with Crippen LogP contribution >= 0.6 is 35.8 Å². The van der Waals surface area contributed by atoms with Crippen molar-refractivity contribution in [2.45, 2.75) is 37.1 Å². The molecule has 0 saturated heterocycles. The molecule has 1 aromatic heterocycles. The van der Waals surface area contributed by atoms with Gasteiger partial charge in [0.25, 0.3) is 0 Å². The molecule has 0 aliphatic carbocycles. The summed E-state index contributed by atoms with van der Waals surface area (Å²) >= 11 is 5.75. The monoisotopic (exact) mass is 638 g/mol. The molecule has 1 unspecified atom stereocenters. The van der Waals surface area contributed by atoms with Gasteiger partial charge in [-0.3, -0.25) is 19.1 Å². The molecule has 0 bridgehead atoms. The lowest BCUT2D eigenvalue weighted by molar-refractivity contribution is -0.148. The third kappa shape index (κ3) is 9.52. The number of alkyl halides is 3. The van der Waals surface area contributed by atoms with E-state index in [2.05, 4.69) is 10.6 Å². The van der Waals surface area contributed by atoms with Gasteiger partial charge in [0.2, 0.25) is 5.91 Å². The van der Waals surface area contributed by atoms with Crippen molar-refractivity contribution >= 4 is 76.0 Å². The van der Waals surface area contributed by atoms with Crippen molar-refractivity contribution in [2.75, 3.05) is 31.3 Å². The van der Waals surface area contributed by atoms with Gasteiger partial charge in [-0.1, -0.05) is 11.6 Å². The number of halogens is 6. The number of amides is 2. The smallest absolute Gasteiger partial charge is 0.442 e. The molecule has 0 aliphatic rings. The number of anilines is 2. The molecule has 1 atom stereocenters. The second-order valence-electron chi connectivity index (χ2n) is 8.86. The van der Waals surface area contributed by atoms with E-state index in [4.69, 9.17) is 16.3 Å². The summed E-state index contributed by atoms with van der Waals surface area (Å²) in [4.78, 5) is 39.8. The number of ether oxygens (including phenoxy) is 1. The first-order valence-electron chi connectivity index (χ1n) is 12.0. The first-order valence-corrected chi connectivity index (χ1v) is 13.4. The average Bonchev–Trinajstić information content (AvgIpc) is 3.21. The standard InChI is InChI=1S/C26H27ClF4N4O4S.ClH/c1-4-39-24(37)22(34(2)3)9-10-23(36)35-13-20(18-12-16(27)5-8-21(18)35)33-25(38)32-17-6-7-19(28)15(11-17)14-40-26(29,30)31;/h5-8,11-13,22H,4,9-10,14H2,1-3H3,(H2,32,33,38);1H. The summed E-state index contributed by atoms with van der Waals surface area (Å²) < 4.78 is 58.0. The van der Waals surface area contributed by atoms with Crippen molar-refractivity contribution in [3.05, 3.63) is 59.0 Å². The quantitative estimate of drug-likeness (QED) is 0.181. The number of nitrogens with one attached hydrogen (secondary N) is 2. The molecule has 0 fully saturated rings. The predicted octanol–water partition coefficient (Wildman–Crippen LogP) is 7.17. The van der Waals surface area contributed by atoms with Crippen molar-refractivity contribution in [1.29, 1.82) is 0 Å². The molecule has 0 spiro atoms. The zero-order chi connectivity index (χ0) is 29.6.